The zero-order valence-electron chi connectivity index (χ0n) is 9.65. The van der Waals surface area contributed by atoms with E-state index in [1.807, 2.05) is 6.92 Å². The standard InChI is InChI=1S/C12H24O/c1-5-7-8-9-10-12(3,4)11(13)6-2/h5-10H2,1-4H3. The maximum absolute atomic E-state index is 11.5. The Bertz CT molecular complexity index is 147. The topological polar surface area (TPSA) is 17.1 Å². The van der Waals surface area contributed by atoms with Crippen molar-refractivity contribution in [3.8, 4) is 0 Å². The number of carbonyl (C=O) groups is 1. The molecular weight excluding hydrogens is 160 g/mol. The maximum atomic E-state index is 11.5. The molecule has 0 atom stereocenters. The van der Waals surface area contributed by atoms with E-state index < -0.39 is 0 Å². The number of hydrogen-bond acceptors (Lipinski definition) is 1. The van der Waals surface area contributed by atoms with Gasteiger partial charge in [-0.1, -0.05) is 53.4 Å². The quantitative estimate of drug-likeness (QED) is 0.547. The average molecular weight is 184 g/mol. The Kier molecular flexibility index (Phi) is 6.02. The van der Waals surface area contributed by atoms with Crippen molar-refractivity contribution in [1.29, 1.82) is 0 Å². The maximum Gasteiger partial charge on any atom is 0.138 e. The van der Waals surface area contributed by atoms with Gasteiger partial charge in [-0.05, 0) is 6.42 Å². The Labute approximate surface area is 82.9 Å². The molecule has 0 aromatic heterocycles. The third-order valence-electron chi connectivity index (χ3n) is 2.73. The predicted molar refractivity (Wildman–Crippen MR) is 57.8 cm³/mol. The van der Waals surface area contributed by atoms with Gasteiger partial charge in [-0.25, -0.2) is 0 Å². The van der Waals surface area contributed by atoms with Gasteiger partial charge in [-0.3, -0.25) is 4.79 Å². The minimum Gasteiger partial charge on any atom is -0.299 e. The highest BCUT2D eigenvalue weighted by atomic mass is 16.1. The van der Waals surface area contributed by atoms with E-state index in [9.17, 15) is 4.79 Å². The van der Waals surface area contributed by atoms with Crippen molar-refractivity contribution in [2.45, 2.75) is 66.2 Å². The van der Waals surface area contributed by atoms with Gasteiger partial charge in [0.15, 0.2) is 0 Å². The first kappa shape index (κ1) is 12.7. The molecule has 13 heavy (non-hydrogen) atoms. The molecule has 0 aromatic rings. The molecule has 0 saturated heterocycles. The van der Waals surface area contributed by atoms with Crippen LogP contribution in [0.4, 0.5) is 0 Å². The fourth-order valence-corrected chi connectivity index (χ4v) is 1.61. The number of ketones is 1. The number of unbranched alkanes of at least 4 members (excludes halogenated alkanes) is 3. The van der Waals surface area contributed by atoms with Crippen LogP contribution in [0.3, 0.4) is 0 Å². The van der Waals surface area contributed by atoms with Gasteiger partial charge >= 0.3 is 0 Å². The lowest BCUT2D eigenvalue weighted by atomic mass is 9.81. The van der Waals surface area contributed by atoms with Crippen LogP contribution in [0.15, 0.2) is 0 Å². The molecule has 0 aliphatic carbocycles. The van der Waals surface area contributed by atoms with Crippen LogP contribution >= 0.6 is 0 Å². The van der Waals surface area contributed by atoms with E-state index in [0.29, 0.717) is 12.2 Å². The largest absolute Gasteiger partial charge is 0.299 e. The second-order valence-electron chi connectivity index (χ2n) is 4.47. The van der Waals surface area contributed by atoms with Crippen LogP contribution in [-0.4, -0.2) is 5.78 Å². The molecule has 0 aliphatic heterocycles. The van der Waals surface area contributed by atoms with Gasteiger partial charge in [0, 0.05) is 11.8 Å². The predicted octanol–water partition coefficient (Wildman–Crippen LogP) is 3.96. The van der Waals surface area contributed by atoms with Crippen LogP contribution in [0, 0.1) is 5.41 Å². The summed E-state index contributed by atoms with van der Waals surface area (Å²) in [6.07, 6.45) is 6.78. The summed E-state index contributed by atoms with van der Waals surface area (Å²) in [6.45, 7) is 8.31. The second kappa shape index (κ2) is 6.17. The lowest BCUT2D eigenvalue weighted by molar-refractivity contribution is -0.127. The molecule has 1 heteroatoms. The summed E-state index contributed by atoms with van der Waals surface area (Å²) in [4.78, 5) is 11.5. The van der Waals surface area contributed by atoms with Gasteiger partial charge in [0.1, 0.15) is 5.78 Å². The van der Waals surface area contributed by atoms with Gasteiger partial charge < -0.3 is 0 Å². The van der Waals surface area contributed by atoms with Gasteiger partial charge in [-0.2, -0.15) is 0 Å². The summed E-state index contributed by atoms with van der Waals surface area (Å²) in [5.41, 5.74) is -0.0809. The van der Waals surface area contributed by atoms with E-state index in [1.54, 1.807) is 0 Å². The van der Waals surface area contributed by atoms with Crippen molar-refractivity contribution in [3.63, 3.8) is 0 Å². The van der Waals surface area contributed by atoms with Crippen molar-refractivity contribution in [1.82, 2.24) is 0 Å². The van der Waals surface area contributed by atoms with Crippen molar-refractivity contribution >= 4 is 5.78 Å². The lowest BCUT2D eigenvalue weighted by Crippen LogP contribution is -2.23. The van der Waals surface area contributed by atoms with E-state index in [4.69, 9.17) is 0 Å². The highest BCUT2D eigenvalue weighted by Crippen LogP contribution is 2.26. The molecule has 0 saturated carbocycles. The molecule has 78 valence electrons. The molecule has 0 fully saturated rings. The van der Waals surface area contributed by atoms with Crippen molar-refractivity contribution < 1.29 is 4.79 Å². The normalized spacial score (nSPS) is 11.7. The highest BCUT2D eigenvalue weighted by Gasteiger charge is 2.24. The van der Waals surface area contributed by atoms with Crippen LogP contribution in [0.5, 0.6) is 0 Å². The first-order chi connectivity index (χ1) is 6.04. The number of Topliss-reactive ketones (excluding diaryl/α,β-unsaturated/α-hetero) is 1. The SMILES string of the molecule is CCCCCCC(C)(C)C(=O)CC. The Morgan fingerprint density at radius 1 is 1.08 bits per heavy atom. The minimum absolute atomic E-state index is 0.0809. The minimum atomic E-state index is -0.0809. The monoisotopic (exact) mass is 184 g/mol. The van der Waals surface area contributed by atoms with Crippen LogP contribution in [0.25, 0.3) is 0 Å². The van der Waals surface area contributed by atoms with Crippen molar-refractivity contribution in [2.24, 2.45) is 5.41 Å². The zero-order valence-corrected chi connectivity index (χ0v) is 9.65. The van der Waals surface area contributed by atoms with Crippen LogP contribution in [0.1, 0.15) is 66.2 Å². The fourth-order valence-electron chi connectivity index (χ4n) is 1.61. The van der Waals surface area contributed by atoms with E-state index in [1.165, 1.54) is 25.7 Å². The second-order valence-corrected chi connectivity index (χ2v) is 4.47. The first-order valence-electron chi connectivity index (χ1n) is 5.58. The summed E-state index contributed by atoms with van der Waals surface area (Å²) in [5.74, 6) is 0.406. The summed E-state index contributed by atoms with van der Waals surface area (Å²) in [5, 5.41) is 0. The summed E-state index contributed by atoms with van der Waals surface area (Å²) >= 11 is 0. The molecule has 0 heterocycles. The number of hydrogen-bond donors (Lipinski definition) is 0. The molecule has 0 rings (SSSR count). The highest BCUT2D eigenvalue weighted by molar-refractivity contribution is 5.83. The lowest BCUT2D eigenvalue weighted by Gasteiger charge is -2.22. The molecule has 0 spiro atoms. The van der Waals surface area contributed by atoms with Gasteiger partial charge in [0.25, 0.3) is 0 Å². The molecule has 0 aliphatic rings. The molecule has 0 bridgehead atoms. The van der Waals surface area contributed by atoms with E-state index in [2.05, 4.69) is 20.8 Å². The van der Waals surface area contributed by atoms with Crippen LogP contribution in [-0.2, 0) is 4.79 Å². The Morgan fingerprint density at radius 2 is 1.69 bits per heavy atom. The zero-order chi connectivity index (χ0) is 10.3. The molecule has 0 amide bonds. The summed E-state index contributed by atoms with van der Waals surface area (Å²) in [7, 11) is 0. The van der Waals surface area contributed by atoms with Crippen molar-refractivity contribution in [2.75, 3.05) is 0 Å². The van der Waals surface area contributed by atoms with Gasteiger partial charge in [0.05, 0.1) is 0 Å². The summed E-state index contributed by atoms with van der Waals surface area (Å²) < 4.78 is 0. The van der Waals surface area contributed by atoms with Crippen molar-refractivity contribution in [3.05, 3.63) is 0 Å². The third kappa shape index (κ3) is 5.07. The van der Waals surface area contributed by atoms with Gasteiger partial charge in [-0.15, -0.1) is 0 Å². The number of carbonyl (C=O) groups excluding carboxylic acids is 1. The van der Waals surface area contributed by atoms with Gasteiger partial charge in [0.2, 0.25) is 0 Å². The Morgan fingerprint density at radius 3 is 2.15 bits per heavy atom. The molecule has 0 aromatic carbocycles. The molecule has 0 N–H and O–H groups in total. The third-order valence-corrected chi connectivity index (χ3v) is 2.73. The average Bonchev–Trinajstić information content (AvgIpc) is 2.11. The smallest absolute Gasteiger partial charge is 0.138 e. The van der Waals surface area contributed by atoms with Crippen LogP contribution < -0.4 is 0 Å². The van der Waals surface area contributed by atoms with Crippen LogP contribution in [0.2, 0.25) is 0 Å². The molecular formula is C12H24O. The summed E-state index contributed by atoms with van der Waals surface area (Å²) in [6, 6.07) is 0. The molecule has 0 radical (unpaired) electrons. The van der Waals surface area contributed by atoms with E-state index in [-0.39, 0.29) is 5.41 Å². The first-order valence-corrected chi connectivity index (χ1v) is 5.58. The van der Waals surface area contributed by atoms with E-state index >= 15 is 0 Å². The van der Waals surface area contributed by atoms with E-state index in [0.717, 1.165) is 6.42 Å². The molecule has 1 nitrogen and oxygen atoms in total. The fraction of sp³-hybridized carbons (Fsp3) is 0.917. The molecule has 0 unspecified atom stereocenters. The number of rotatable bonds is 7. The Balaban J connectivity index is 3.69. The Hall–Kier alpha value is -0.330.